The second-order valence-corrected chi connectivity index (χ2v) is 5.70. The second kappa shape index (κ2) is 5.81. The number of nitrogen functional groups attached to an aromatic ring is 1. The van der Waals surface area contributed by atoms with Crippen molar-refractivity contribution in [1.82, 2.24) is 19.7 Å². The molecule has 0 spiro atoms. The van der Waals surface area contributed by atoms with E-state index in [4.69, 9.17) is 22.6 Å². The van der Waals surface area contributed by atoms with E-state index in [1.54, 1.807) is 16.8 Å². The van der Waals surface area contributed by atoms with Gasteiger partial charge in [0.25, 0.3) is 0 Å². The third-order valence-corrected chi connectivity index (χ3v) is 4.11. The number of hydrogen-bond donors (Lipinski definition) is 1. The van der Waals surface area contributed by atoms with Crippen molar-refractivity contribution in [2.45, 2.75) is 25.8 Å². The molecule has 0 atom stereocenters. The summed E-state index contributed by atoms with van der Waals surface area (Å²) in [6, 6.07) is 5.61. The van der Waals surface area contributed by atoms with Gasteiger partial charge >= 0.3 is 0 Å². The van der Waals surface area contributed by atoms with Gasteiger partial charge in [0.05, 0.1) is 11.1 Å². The van der Waals surface area contributed by atoms with Crippen molar-refractivity contribution in [3.8, 4) is 6.07 Å². The van der Waals surface area contributed by atoms with Gasteiger partial charge in [-0.3, -0.25) is 0 Å². The molecule has 114 valence electrons. The Morgan fingerprint density at radius 2 is 2.05 bits per heavy atom. The minimum Gasteiger partial charge on any atom is -0.368 e. The van der Waals surface area contributed by atoms with Crippen LogP contribution in [0.3, 0.4) is 0 Å². The number of aromatic nitrogens is 4. The van der Waals surface area contributed by atoms with Crippen molar-refractivity contribution in [3.05, 3.63) is 28.7 Å². The van der Waals surface area contributed by atoms with Gasteiger partial charge in [0.1, 0.15) is 23.4 Å². The molecular formula is C14H16ClN7. The number of pyridine rings is 1. The first-order valence-electron chi connectivity index (χ1n) is 7.08. The van der Waals surface area contributed by atoms with Crippen LogP contribution in [0.4, 0.5) is 11.8 Å². The fourth-order valence-corrected chi connectivity index (χ4v) is 2.98. The first-order chi connectivity index (χ1) is 10.6. The smallest absolute Gasteiger partial charge is 0.218 e. The Hall–Kier alpha value is -2.33. The highest BCUT2D eigenvalue weighted by Crippen LogP contribution is 2.30. The van der Waals surface area contributed by atoms with Crippen LogP contribution in [0, 0.1) is 18.3 Å². The van der Waals surface area contributed by atoms with Gasteiger partial charge < -0.3 is 10.6 Å². The van der Waals surface area contributed by atoms with Crippen molar-refractivity contribution in [2.24, 2.45) is 0 Å². The number of piperidine rings is 1. The summed E-state index contributed by atoms with van der Waals surface area (Å²) in [7, 11) is 0. The zero-order valence-corrected chi connectivity index (χ0v) is 13.0. The molecule has 2 N–H and O–H groups in total. The van der Waals surface area contributed by atoms with E-state index in [1.165, 1.54) is 0 Å². The zero-order valence-electron chi connectivity index (χ0n) is 12.2. The number of aryl methyl sites for hydroxylation is 1. The topological polar surface area (TPSA) is 96.6 Å². The Bertz CT molecular complexity index is 725. The molecule has 0 radical (unpaired) electrons. The van der Waals surface area contributed by atoms with Gasteiger partial charge in [-0.2, -0.15) is 15.3 Å². The van der Waals surface area contributed by atoms with Gasteiger partial charge in [-0.25, -0.2) is 9.67 Å². The summed E-state index contributed by atoms with van der Waals surface area (Å²) in [5.41, 5.74) is 6.26. The largest absolute Gasteiger partial charge is 0.368 e. The number of hydrogen-bond acceptors (Lipinski definition) is 6. The molecule has 2 aromatic rings. The van der Waals surface area contributed by atoms with Crippen LogP contribution in [0.5, 0.6) is 0 Å². The Labute approximate surface area is 133 Å². The van der Waals surface area contributed by atoms with Crippen LogP contribution in [-0.2, 0) is 0 Å². The van der Waals surface area contributed by atoms with Gasteiger partial charge in [-0.1, -0.05) is 11.6 Å². The van der Waals surface area contributed by atoms with Crippen LogP contribution >= 0.6 is 11.6 Å². The Balaban J connectivity index is 1.75. The molecule has 0 amide bonds. The number of rotatable bonds is 2. The highest BCUT2D eigenvalue weighted by atomic mass is 35.5. The van der Waals surface area contributed by atoms with Crippen LogP contribution in [-0.4, -0.2) is 32.8 Å². The Morgan fingerprint density at radius 1 is 1.32 bits per heavy atom. The van der Waals surface area contributed by atoms with Gasteiger partial charge in [-0.05, 0) is 31.9 Å². The molecule has 22 heavy (non-hydrogen) atoms. The lowest BCUT2D eigenvalue weighted by Crippen LogP contribution is -2.36. The third-order valence-electron chi connectivity index (χ3n) is 3.82. The standard InChI is InChI=1S/C14H16ClN7/c1-9-18-14(17)22(20-9)11-4-6-21(7-5-11)13-12(15)3-2-10(8-16)19-13/h2-3,11H,4-7H2,1H3,(H2,17,18,20). The quantitative estimate of drug-likeness (QED) is 0.909. The molecule has 2 aromatic heterocycles. The molecule has 1 aliphatic rings. The van der Waals surface area contributed by atoms with Crippen molar-refractivity contribution < 1.29 is 0 Å². The van der Waals surface area contributed by atoms with Crippen LogP contribution < -0.4 is 10.6 Å². The molecule has 1 fully saturated rings. The van der Waals surface area contributed by atoms with Crippen LogP contribution in [0.1, 0.15) is 30.4 Å². The van der Waals surface area contributed by atoms with Crippen LogP contribution in [0.25, 0.3) is 0 Å². The average molecular weight is 318 g/mol. The number of nitrogens with zero attached hydrogens (tertiary/aromatic N) is 6. The number of halogens is 1. The number of anilines is 2. The molecule has 0 aliphatic carbocycles. The average Bonchev–Trinajstić information content (AvgIpc) is 2.87. The molecule has 8 heteroatoms. The van der Waals surface area contributed by atoms with E-state index in [0.717, 1.165) is 25.9 Å². The summed E-state index contributed by atoms with van der Waals surface area (Å²) in [4.78, 5) is 10.6. The van der Waals surface area contributed by atoms with Gasteiger partial charge in [0.15, 0.2) is 0 Å². The lowest BCUT2D eigenvalue weighted by molar-refractivity contribution is 0.369. The van der Waals surface area contributed by atoms with Gasteiger partial charge in [0, 0.05) is 13.1 Å². The Kier molecular flexibility index (Phi) is 3.86. The lowest BCUT2D eigenvalue weighted by atomic mass is 10.1. The van der Waals surface area contributed by atoms with Gasteiger partial charge in [-0.15, -0.1) is 0 Å². The predicted molar refractivity (Wildman–Crippen MR) is 83.6 cm³/mol. The maximum atomic E-state index is 8.97. The predicted octanol–water partition coefficient (Wildman–Crippen LogP) is 1.93. The van der Waals surface area contributed by atoms with E-state index < -0.39 is 0 Å². The first kappa shape index (κ1) is 14.6. The fourth-order valence-electron chi connectivity index (χ4n) is 2.75. The Morgan fingerprint density at radius 3 is 2.64 bits per heavy atom. The van der Waals surface area contributed by atoms with E-state index in [2.05, 4.69) is 20.0 Å². The monoisotopic (exact) mass is 317 g/mol. The summed E-state index contributed by atoms with van der Waals surface area (Å²) < 4.78 is 1.80. The van der Waals surface area contributed by atoms with E-state index in [-0.39, 0.29) is 6.04 Å². The molecule has 0 saturated carbocycles. The zero-order chi connectivity index (χ0) is 15.7. The normalized spacial score (nSPS) is 15.8. The minimum absolute atomic E-state index is 0.232. The van der Waals surface area contributed by atoms with Gasteiger partial charge in [0.2, 0.25) is 5.95 Å². The minimum atomic E-state index is 0.232. The molecule has 0 unspecified atom stereocenters. The summed E-state index contributed by atoms with van der Waals surface area (Å²) in [6.07, 6.45) is 1.75. The summed E-state index contributed by atoms with van der Waals surface area (Å²) in [6.45, 7) is 3.40. The summed E-state index contributed by atoms with van der Waals surface area (Å²) in [5, 5.41) is 13.9. The highest BCUT2D eigenvalue weighted by Gasteiger charge is 2.25. The molecule has 0 bridgehead atoms. The van der Waals surface area contributed by atoms with E-state index in [0.29, 0.717) is 28.3 Å². The number of nitrogens with two attached hydrogens (primary N) is 1. The molecule has 7 nitrogen and oxygen atoms in total. The van der Waals surface area contributed by atoms with Crippen LogP contribution in [0.2, 0.25) is 5.02 Å². The maximum Gasteiger partial charge on any atom is 0.218 e. The maximum absolute atomic E-state index is 8.97. The lowest BCUT2D eigenvalue weighted by Gasteiger charge is -2.33. The fraction of sp³-hybridized carbons (Fsp3) is 0.429. The summed E-state index contributed by atoms with van der Waals surface area (Å²) in [5.74, 6) is 1.81. The van der Waals surface area contributed by atoms with E-state index >= 15 is 0 Å². The molecule has 0 aromatic carbocycles. The highest BCUT2D eigenvalue weighted by molar-refractivity contribution is 6.32. The van der Waals surface area contributed by atoms with E-state index in [1.807, 2.05) is 13.0 Å². The first-order valence-corrected chi connectivity index (χ1v) is 7.46. The van der Waals surface area contributed by atoms with Crippen molar-refractivity contribution in [2.75, 3.05) is 23.7 Å². The SMILES string of the molecule is Cc1nc(N)n(C2CCN(c3nc(C#N)ccc3Cl)CC2)n1. The van der Waals surface area contributed by atoms with Crippen molar-refractivity contribution in [1.29, 1.82) is 5.26 Å². The third kappa shape index (κ3) is 2.70. The van der Waals surface area contributed by atoms with Crippen LogP contribution in [0.15, 0.2) is 12.1 Å². The van der Waals surface area contributed by atoms with Crippen molar-refractivity contribution in [3.63, 3.8) is 0 Å². The molecular weight excluding hydrogens is 302 g/mol. The molecule has 3 rings (SSSR count). The molecule has 1 aliphatic heterocycles. The summed E-state index contributed by atoms with van der Waals surface area (Å²) >= 11 is 6.21. The second-order valence-electron chi connectivity index (χ2n) is 5.29. The molecule has 3 heterocycles. The molecule has 1 saturated heterocycles. The van der Waals surface area contributed by atoms with Crippen molar-refractivity contribution >= 4 is 23.4 Å². The number of nitriles is 1. The van der Waals surface area contributed by atoms with E-state index in [9.17, 15) is 0 Å².